The predicted molar refractivity (Wildman–Crippen MR) is 109 cm³/mol. The number of hydrogen-bond donors (Lipinski definition) is 2. The van der Waals surface area contributed by atoms with E-state index in [2.05, 4.69) is 20.3 Å². The Morgan fingerprint density at radius 3 is 2.76 bits per heavy atom. The minimum absolute atomic E-state index is 0.665. The van der Waals surface area contributed by atoms with Crippen LogP contribution >= 0.6 is 0 Å². The van der Waals surface area contributed by atoms with Crippen molar-refractivity contribution >= 4 is 22.1 Å². The van der Waals surface area contributed by atoms with Crippen LogP contribution in [-0.4, -0.2) is 34.9 Å². The van der Waals surface area contributed by atoms with Gasteiger partial charge in [-0.25, -0.2) is 9.97 Å². The van der Waals surface area contributed by atoms with E-state index in [1.807, 2.05) is 49.6 Å². The maximum atomic E-state index is 5.24. The lowest BCUT2D eigenvalue weighted by Gasteiger charge is -1.98. The number of benzene rings is 1. The Hall–Kier alpha value is -4.20. The molecular formula is C21H15N7O. The minimum Gasteiger partial charge on any atom is -0.472 e. The van der Waals surface area contributed by atoms with E-state index >= 15 is 0 Å². The number of aromatic amines is 2. The van der Waals surface area contributed by atoms with Crippen molar-refractivity contribution in [3.63, 3.8) is 0 Å². The highest BCUT2D eigenvalue weighted by molar-refractivity contribution is 5.96. The molecule has 0 aliphatic carbocycles. The Morgan fingerprint density at radius 2 is 1.93 bits per heavy atom. The maximum Gasteiger partial charge on any atom is 0.161 e. The molecule has 0 amide bonds. The van der Waals surface area contributed by atoms with Crippen LogP contribution in [0.5, 0.6) is 0 Å². The van der Waals surface area contributed by atoms with Crippen LogP contribution in [0.25, 0.3) is 56.0 Å². The monoisotopic (exact) mass is 381 g/mol. The van der Waals surface area contributed by atoms with E-state index < -0.39 is 0 Å². The zero-order valence-corrected chi connectivity index (χ0v) is 15.4. The second kappa shape index (κ2) is 5.90. The van der Waals surface area contributed by atoms with Crippen molar-refractivity contribution < 1.29 is 4.42 Å². The van der Waals surface area contributed by atoms with Crippen molar-refractivity contribution in [2.75, 3.05) is 0 Å². The second-order valence-corrected chi connectivity index (χ2v) is 6.87. The Bertz CT molecular complexity index is 1470. The smallest absolute Gasteiger partial charge is 0.161 e. The number of imidazole rings is 1. The molecule has 8 heteroatoms. The fourth-order valence-electron chi connectivity index (χ4n) is 3.57. The normalized spacial score (nSPS) is 11.6. The van der Waals surface area contributed by atoms with Crippen LogP contribution < -0.4 is 0 Å². The first-order chi connectivity index (χ1) is 14.3. The molecule has 0 fully saturated rings. The first kappa shape index (κ1) is 15.8. The second-order valence-electron chi connectivity index (χ2n) is 6.87. The standard InChI is InChI=1S/C21H15N7O/c1-28-10-13(9-22-28)15-5-6-17-19(23-15)20(27-26-17)21-24-16-4-2-3-14(18(16)25-21)12-7-8-29-11-12/h2-11H,1H3,(H,24,25)(H,26,27). The van der Waals surface area contributed by atoms with Crippen LogP contribution in [0.15, 0.2) is 65.7 Å². The van der Waals surface area contributed by atoms with Crippen LogP contribution in [0.1, 0.15) is 0 Å². The number of hydrogen-bond acceptors (Lipinski definition) is 5. The molecule has 0 aliphatic rings. The molecule has 5 heterocycles. The Balaban J connectivity index is 1.53. The van der Waals surface area contributed by atoms with Gasteiger partial charge in [0.15, 0.2) is 11.5 Å². The topological polar surface area (TPSA) is 101 Å². The Kier molecular flexibility index (Phi) is 3.22. The lowest BCUT2D eigenvalue weighted by atomic mass is 10.1. The largest absolute Gasteiger partial charge is 0.472 e. The molecule has 8 nitrogen and oxygen atoms in total. The maximum absolute atomic E-state index is 5.24. The number of aromatic nitrogens is 7. The summed E-state index contributed by atoms with van der Waals surface area (Å²) in [6.07, 6.45) is 7.11. The molecular weight excluding hydrogens is 366 g/mol. The molecule has 1 aromatic carbocycles. The van der Waals surface area contributed by atoms with E-state index in [0.717, 1.165) is 44.5 Å². The predicted octanol–water partition coefficient (Wildman–Crippen LogP) is 4.16. The van der Waals surface area contributed by atoms with Gasteiger partial charge in [-0.15, -0.1) is 0 Å². The number of H-pyrrole nitrogens is 2. The highest BCUT2D eigenvalue weighted by Crippen LogP contribution is 2.31. The van der Waals surface area contributed by atoms with Crippen LogP contribution in [0.3, 0.4) is 0 Å². The molecule has 29 heavy (non-hydrogen) atoms. The molecule has 6 rings (SSSR count). The summed E-state index contributed by atoms with van der Waals surface area (Å²) >= 11 is 0. The van der Waals surface area contributed by atoms with Crippen molar-refractivity contribution in [2.45, 2.75) is 0 Å². The average Bonchev–Trinajstić information content (AvgIpc) is 3.51. The van der Waals surface area contributed by atoms with Gasteiger partial charge in [0.05, 0.1) is 41.0 Å². The van der Waals surface area contributed by atoms with Gasteiger partial charge >= 0.3 is 0 Å². The summed E-state index contributed by atoms with van der Waals surface area (Å²) in [6.45, 7) is 0. The highest BCUT2D eigenvalue weighted by Gasteiger charge is 2.17. The summed E-state index contributed by atoms with van der Waals surface area (Å²) in [5.41, 5.74) is 7.86. The number of nitrogens with one attached hydrogen (secondary N) is 2. The van der Waals surface area contributed by atoms with Gasteiger partial charge < -0.3 is 9.40 Å². The molecule has 6 aromatic rings. The molecule has 0 unspecified atom stereocenters. The molecule has 0 saturated heterocycles. The van der Waals surface area contributed by atoms with Crippen LogP contribution in [0.4, 0.5) is 0 Å². The Morgan fingerprint density at radius 1 is 0.966 bits per heavy atom. The molecule has 0 saturated carbocycles. The molecule has 0 radical (unpaired) electrons. The third kappa shape index (κ3) is 2.46. The van der Waals surface area contributed by atoms with Crippen molar-refractivity contribution in [3.05, 3.63) is 61.3 Å². The molecule has 140 valence electrons. The average molecular weight is 381 g/mol. The van der Waals surface area contributed by atoms with Gasteiger partial charge in [-0.05, 0) is 24.3 Å². The first-order valence-electron chi connectivity index (χ1n) is 9.12. The van der Waals surface area contributed by atoms with Gasteiger partial charge in [0, 0.05) is 29.9 Å². The number of aryl methyl sites for hydroxylation is 1. The lowest BCUT2D eigenvalue weighted by Crippen LogP contribution is -1.87. The quantitative estimate of drug-likeness (QED) is 0.479. The van der Waals surface area contributed by atoms with Gasteiger partial charge in [0.2, 0.25) is 0 Å². The van der Waals surface area contributed by atoms with E-state index in [-0.39, 0.29) is 0 Å². The van der Waals surface area contributed by atoms with E-state index in [9.17, 15) is 0 Å². The number of nitrogens with zero attached hydrogens (tertiary/aromatic N) is 5. The van der Waals surface area contributed by atoms with Crippen LogP contribution in [-0.2, 0) is 7.05 Å². The third-order valence-electron chi connectivity index (χ3n) is 4.98. The summed E-state index contributed by atoms with van der Waals surface area (Å²) in [5, 5.41) is 11.8. The number of rotatable bonds is 3. The summed E-state index contributed by atoms with van der Waals surface area (Å²) in [5.74, 6) is 0.665. The van der Waals surface area contributed by atoms with E-state index in [1.54, 1.807) is 23.4 Å². The van der Waals surface area contributed by atoms with Gasteiger partial charge in [0.25, 0.3) is 0 Å². The molecule has 0 atom stereocenters. The van der Waals surface area contributed by atoms with Crippen molar-refractivity contribution in [3.8, 4) is 33.9 Å². The van der Waals surface area contributed by atoms with Gasteiger partial charge in [-0.2, -0.15) is 10.2 Å². The summed E-state index contributed by atoms with van der Waals surface area (Å²) in [7, 11) is 1.89. The van der Waals surface area contributed by atoms with Gasteiger partial charge in [-0.3, -0.25) is 9.78 Å². The van der Waals surface area contributed by atoms with E-state index in [1.165, 1.54) is 0 Å². The zero-order chi connectivity index (χ0) is 19.4. The first-order valence-corrected chi connectivity index (χ1v) is 9.12. The number of furan rings is 1. The number of pyridine rings is 1. The fourth-order valence-corrected chi connectivity index (χ4v) is 3.57. The summed E-state index contributed by atoms with van der Waals surface area (Å²) in [6, 6.07) is 11.9. The van der Waals surface area contributed by atoms with Crippen molar-refractivity contribution in [1.82, 2.24) is 34.9 Å². The van der Waals surface area contributed by atoms with Gasteiger partial charge in [0.1, 0.15) is 5.52 Å². The lowest BCUT2D eigenvalue weighted by molar-refractivity contribution is 0.568. The van der Waals surface area contributed by atoms with E-state index in [4.69, 9.17) is 14.4 Å². The van der Waals surface area contributed by atoms with Gasteiger partial charge in [-0.1, -0.05) is 12.1 Å². The van der Waals surface area contributed by atoms with Crippen molar-refractivity contribution in [2.24, 2.45) is 7.05 Å². The molecule has 5 aromatic heterocycles. The van der Waals surface area contributed by atoms with Crippen molar-refractivity contribution in [1.29, 1.82) is 0 Å². The molecule has 0 aliphatic heterocycles. The third-order valence-corrected chi connectivity index (χ3v) is 4.98. The Labute approximate surface area is 164 Å². The zero-order valence-electron chi connectivity index (χ0n) is 15.4. The summed E-state index contributed by atoms with van der Waals surface area (Å²) < 4.78 is 7.00. The van der Waals surface area contributed by atoms with Crippen LogP contribution in [0, 0.1) is 0 Å². The molecule has 2 N–H and O–H groups in total. The van der Waals surface area contributed by atoms with E-state index in [0.29, 0.717) is 11.5 Å². The molecule has 0 bridgehead atoms. The minimum atomic E-state index is 0.665. The SMILES string of the molecule is Cn1cc(-c2ccc3[nH]nc(-c4nc5c(-c6ccoc6)cccc5[nH]4)c3n2)cn1. The fraction of sp³-hybridized carbons (Fsp3) is 0.0476. The van der Waals surface area contributed by atoms with Crippen LogP contribution in [0.2, 0.25) is 0 Å². The summed E-state index contributed by atoms with van der Waals surface area (Å²) in [4.78, 5) is 13.0. The highest BCUT2D eigenvalue weighted by atomic mass is 16.3. The number of para-hydroxylation sites is 1. The number of fused-ring (bicyclic) bond motifs is 2. The molecule has 0 spiro atoms.